The van der Waals surface area contributed by atoms with Crippen molar-refractivity contribution >= 4 is 35.1 Å². The van der Waals surface area contributed by atoms with E-state index < -0.39 is 11.5 Å². The van der Waals surface area contributed by atoms with Crippen molar-refractivity contribution in [1.82, 2.24) is 30.0 Å². The number of amides is 1. The summed E-state index contributed by atoms with van der Waals surface area (Å²) in [4.78, 5) is 25.1. The van der Waals surface area contributed by atoms with Crippen LogP contribution in [0.25, 0.3) is 5.69 Å². The molecule has 1 N–H and O–H groups in total. The predicted molar refractivity (Wildman–Crippen MR) is 91.3 cm³/mol. The second-order valence-corrected chi connectivity index (χ2v) is 6.00. The number of hydrogen-bond acceptors (Lipinski definition) is 6. The van der Waals surface area contributed by atoms with Gasteiger partial charge >= 0.3 is 0 Å². The summed E-state index contributed by atoms with van der Waals surface area (Å²) in [6.07, 6.45) is 0. The van der Waals surface area contributed by atoms with Crippen LogP contribution < -0.4 is 10.9 Å². The van der Waals surface area contributed by atoms with Gasteiger partial charge in [-0.05, 0) is 41.6 Å². The lowest BCUT2D eigenvalue weighted by molar-refractivity contribution is 0.102. The molecule has 0 saturated heterocycles. The molecule has 1 amide bonds. The summed E-state index contributed by atoms with van der Waals surface area (Å²) in [5.74, 6) is -0.550. The Hall–Kier alpha value is -2.78. The first-order chi connectivity index (χ1) is 11.8. The Morgan fingerprint density at radius 3 is 2.44 bits per heavy atom. The summed E-state index contributed by atoms with van der Waals surface area (Å²) >= 11 is 11.9. The van der Waals surface area contributed by atoms with E-state index >= 15 is 0 Å². The Morgan fingerprint density at radius 1 is 1.16 bits per heavy atom. The van der Waals surface area contributed by atoms with Crippen LogP contribution in [0.2, 0.25) is 10.0 Å². The Balaban J connectivity index is 2.07. The van der Waals surface area contributed by atoms with Crippen molar-refractivity contribution in [3.8, 4) is 5.69 Å². The van der Waals surface area contributed by atoms with E-state index in [2.05, 4.69) is 25.9 Å². The summed E-state index contributed by atoms with van der Waals surface area (Å²) in [6.45, 7) is 1.66. The quantitative estimate of drug-likeness (QED) is 0.740. The van der Waals surface area contributed by atoms with E-state index in [1.54, 1.807) is 14.0 Å². The summed E-state index contributed by atoms with van der Waals surface area (Å²) in [5.41, 5.74) is 0.0562. The number of aryl methyl sites for hydroxylation is 2. The first-order valence-electron chi connectivity index (χ1n) is 6.96. The molecule has 9 nitrogen and oxygen atoms in total. The fourth-order valence-electron chi connectivity index (χ4n) is 2.12. The lowest BCUT2D eigenvalue weighted by Gasteiger charge is -2.09. The van der Waals surface area contributed by atoms with Crippen LogP contribution in [0.4, 0.5) is 5.95 Å². The van der Waals surface area contributed by atoms with Gasteiger partial charge in [0.05, 0.1) is 11.4 Å². The normalized spacial score (nSPS) is 10.7. The summed E-state index contributed by atoms with van der Waals surface area (Å²) in [5, 5.41) is 18.0. The van der Waals surface area contributed by atoms with E-state index in [0.29, 0.717) is 21.4 Å². The third-order valence-corrected chi connectivity index (χ3v) is 3.65. The average molecular weight is 380 g/mol. The van der Waals surface area contributed by atoms with E-state index in [9.17, 15) is 9.59 Å². The van der Waals surface area contributed by atoms with Crippen molar-refractivity contribution in [1.29, 1.82) is 0 Å². The van der Waals surface area contributed by atoms with Gasteiger partial charge in [-0.1, -0.05) is 28.3 Å². The fraction of sp³-hybridized carbons (Fsp3) is 0.143. The molecule has 128 valence electrons. The Kier molecular flexibility index (Phi) is 4.51. The van der Waals surface area contributed by atoms with Crippen LogP contribution in [0.1, 0.15) is 16.1 Å². The molecule has 0 radical (unpaired) electrons. The molecule has 1 aromatic carbocycles. The van der Waals surface area contributed by atoms with Crippen LogP contribution in [0.5, 0.6) is 0 Å². The Morgan fingerprint density at radius 2 is 1.84 bits per heavy atom. The number of rotatable bonds is 3. The zero-order valence-electron chi connectivity index (χ0n) is 13.1. The number of benzene rings is 1. The second-order valence-electron chi connectivity index (χ2n) is 5.12. The minimum Gasteiger partial charge on any atom is -0.289 e. The maximum Gasteiger partial charge on any atom is 0.284 e. The summed E-state index contributed by atoms with van der Waals surface area (Å²) in [7, 11) is 1.56. The summed E-state index contributed by atoms with van der Waals surface area (Å²) in [6, 6.07) is 5.96. The number of nitrogens with one attached hydrogen (secondary N) is 1. The van der Waals surface area contributed by atoms with Gasteiger partial charge in [0.1, 0.15) is 5.56 Å². The monoisotopic (exact) mass is 379 g/mol. The van der Waals surface area contributed by atoms with Gasteiger partial charge in [-0.3, -0.25) is 14.9 Å². The average Bonchev–Trinajstić information content (AvgIpc) is 2.93. The maximum atomic E-state index is 12.7. The third-order valence-electron chi connectivity index (χ3n) is 3.22. The number of carbonyl (C=O) groups excluding carboxylic acids is 1. The van der Waals surface area contributed by atoms with Crippen molar-refractivity contribution in [3.05, 3.63) is 55.9 Å². The van der Waals surface area contributed by atoms with E-state index in [-0.39, 0.29) is 11.5 Å². The molecule has 0 aliphatic rings. The van der Waals surface area contributed by atoms with Gasteiger partial charge in [-0.25, -0.2) is 4.68 Å². The van der Waals surface area contributed by atoms with E-state index in [1.165, 1.54) is 28.9 Å². The molecule has 0 atom stereocenters. The lowest BCUT2D eigenvalue weighted by atomic mass is 10.2. The van der Waals surface area contributed by atoms with Crippen molar-refractivity contribution < 1.29 is 4.79 Å². The van der Waals surface area contributed by atoms with Crippen molar-refractivity contribution in [3.63, 3.8) is 0 Å². The third kappa shape index (κ3) is 3.52. The molecule has 0 saturated carbocycles. The van der Waals surface area contributed by atoms with Gasteiger partial charge in [0.2, 0.25) is 5.95 Å². The topological polar surface area (TPSA) is 108 Å². The first kappa shape index (κ1) is 17.1. The van der Waals surface area contributed by atoms with Crippen LogP contribution in [0.3, 0.4) is 0 Å². The van der Waals surface area contributed by atoms with E-state index in [1.807, 2.05) is 0 Å². The van der Waals surface area contributed by atoms with E-state index in [0.717, 1.165) is 4.68 Å². The maximum absolute atomic E-state index is 12.7. The fourth-order valence-corrected chi connectivity index (χ4v) is 2.63. The second kappa shape index (κ2) is 6.61. The molecule has 0 aliphatic heterocycles. The van der Waals surface area contributed by atoms with Gasteiger partial charge in [-0.15, -0.1) is 0 Å². The molecule has 0 unspecified atom stereocenters. The predicted octanol–water partition coefficient (Wildman–Crippen LogP) is 1.62. The van der Waals surface area contributed by atoms with Crippen LogP contribution in [0.15, 0.2) is 29.1 Å². The van der Waals surface area contributed by atoms with Crippen LogP contribution in [0, 0.1) is 6.92 Å². The van der Waals surface area contributed by atoms with Gasteiger partial charge in [0, 0.05) is 17.1 Å². The largest absolute Gasteiger partial charge is 0.289 e. The molecule has 0 spiro atoms. The molecular weight excluding hydrogens is 369 g/mol. The highest BCUT2D eigenvalue weighted by atomic mass is 35.5. The molecule has 2 aromatic heterocycles. The zero-order chi connectivity index (χ0) is 18.1. The number of halogens is 2. The number of carbonyl (C=O) groups is 1. The highest BCUT2D eigenvalue weighted by Crippen LogP contribution is 2.20. The summed E-state index contributed by atoms with van der Waals surface area (Å²) < 4.78 is 2.33. The van der Waals surface area contributed by atoms with Crippen molar-refractivity contribution in [2.24, 2.45) is 7.05 Å². The molecule has 3 rings (SSSR count). The number of tetrazole rings is 1. The van der Waals surface area contributed by atoms with Gasteiger partial charge in [0.15, 0.2) is 0 Å². The number of aromatic nitrogens is 6. The van der Waals surface area contributed by atoms with Gasteiger partial charge in [0.25, 0.3) is 11.5 Å². The minimum atomic E-state index is -0.657. The number of nitrogens with zero attached hydrogens (tertiary/aromatic N) is 6. The standard InChI is InChI=1S/C14H11Cl2N7O2/c1-7-3-11(12(24)17-14-18-20-21-22(14)2)13(25)23(19-7)10-5-8(15)4-9(16)6-10/h3-6H,1-2H3,(H,17,18,21,24). The molecular formula is C14H11Cl2N7O2. The smallest absolute Gasteiger partial charge is 0.284 e. The van der Waals surface area contributed by atoms with Gasteiger partial charge in [-0.2, -0.15) is 9.78 Å². The molecule has 11 heteroatoms. The molecule has 0 aliphatic carbocycles. The van der Waals surface area contributed by atoms with Crippen molar-refractivity contribution in [2.45, 2.75) is 6.92 Å². The molecule has 0 bridgehead atoms. The van der Waals surface area contributed by atoms with Crippen molar-refractivity contribution in [2.75, 3.05) is 5.32 Å². The highest BCUT2D eigenvalue weighted by molar-refractivity contribution is 6.34. The van der Waals surface area contributed by atoms with E-state index in [4.69, 9.17) is 23.2 Å². The van der Waals surface area contributed by atoms with Crippen LogP contribution in [-0.4, -0.2) is 35.9 Å². The SMILES string of the molecule is Cc1cc(C(=O)Nc2nnnn2C)c(=O)n(-c2cc(Cl)cc(Cl)c2)n1. The molecule has 25 heavy (non-hydrogen) atoms. The minimum absolute atomic E-state index is 0.108. The highest BCUT2D eigenvalue weighted by Gasteiger charge is 2.18. The lowest BCUT2D eigenvalue weighted by Crippen LogP contribution is -2.31. The Labute approximate surface area is 151 Å². The molecule has 2 heterocycles. The van der Waals surface area contributed by atoms with Crippen LogP contribution >= 0.6 is 23.2 Å². The Bertz CT molecular complexity index is 1010. The van der Waals surface area contributed by atoms with Crippen LogP contribution in [-0.2, 0) is 7.05 Å². The zero-order valence-corrected chi connectivity index (χ0v) is 14.6. The molecule has 3 aromatic rings. The number of anilines is 1. The van der Waals surface area contributed by atoms with Gasteiger partial charge < -0.3 is 0 Å². The first-order valence-corrected chi connectivity index (χ1v) is 7.72. The molecule has 0 fully saturated rings. The number of hydrogen-bond donors (Lipinski definition) is 1.